The summed E-state index contributed by atoms with van der Waals surface area (Å²) in [7, 11) is 0. The van der Waals surface area contributed by atoms with E-state index in [1.807, 2.05) is 11.3 Å². The molecule has 0 saturated carbocycles. The van der Waals surface area contributed by atoms with Crippen LogP contribution < -0.4 is 10.4 Å². The SMILES string of the molecule is CCc1ccc2c(c1-c1ccccc1C)C1C=c3ccccc3=C1c1ccc3sc4ccccc4c3c1-2. The van der Waals surface area contributed by atoms with Crippen LogP contribution in [-0.4, -0.2) is 0 Å². The van der Waals surface area contributed by atoms with Gasteiger partial charge >= 0.3 is 0 Å². The van der Waals surface area contributed by atoms with Crippen LogP contribution >= 0.6 is 11.3 Å². The Bertz CT molecular complexity index is 2040. The normalized spacial score (nSPS) is 15.3. The third-order valence-electron chi connectivity index (χ3n) is 8.45. The average Bonchev–Trinajstić information content (AvgIpc) is 3.51. The minimum Gasteiger partial charge on any atom is -0.135 e. The number of hydrogen-bond acceptors (Lipinski definition) is 1. The molecule has 6 aromatic rings. The molecule has 0 nitrogen and oxygen atoms in total. The van der Waals surface area contributed by atoms with Crippen molar-refractivity contribution < 1.29 is 0 Å². The zero-order valence-corrected chi connectivity index (χ0v) is 21.8. The molecule has 0 amide bonds. The summed E-state index contributed by atoms with van der Waals surface area (Å²) in [6.07, 6.45) is 3.54. The minimum atomic E-state index is 0.253. The van der Waals surface area contributed by atoms with Gasteiger partial charge in [0.2, 0.25) is 0 Å². The molecule has 176 valence electrons. The molecule has 0 spiro atoms. The lowest BCUT2D eigenvalue weighted by molar-refractivity contribution is 1.09. The molecular weight excluding hydrogens is 464 g/mol. The molecule has 37 heavy (non-hydrogen) atoms. The number of fused-ring (bicyclic) bond motifs is 11. The van der Waals surface area contributed by atoms with Gasteiger partial charge in [-0.05, 0) is 86.0 Å². The van der Waals surface area contributed by atoms with E-state index in [1.165, 1.54) is 80.7 Å². The number of hydrogen-bond donors (Lipinski definition) is 0. The molecule has 0 radical (unpaired) electrons. The Kier molecular flexibility index (Phi) is 4.45. The van der Waals surface area contributed by atoms with Crippen LogP contribution in [0.1, 0.15) is 35.1 Å². The topological polar surface area (TPSA) is 0 Å². The van der Waals surface area contributed by atoms with Crippen molar-refractivity contribution in [1.29, 1.82) is 0 Å². The molecule has 2 aliphatic carbocycles. The maximum absolute atomic E-state index is 2.52. The molecule has 0 fully saturated rings. The molecule has 0 N–H and O–H groups in total. The van der Waals surface area contributed by atoms with Crippen LogP contribution in [-0.2, 0) is 6.42 Å². The van der Waals surface area contributed by atoms with Gasteiger partial charge in [-0.1, -0.05) is 97.9 Å². The first-order valence-corrected chi connectivity index (χ1v) is 14.0. The molecule has 1 heteroatoms. The molecule has 0 aliphatic heterocycles. The Morgan fingerprint density at radius 3 is 2.35 bits per heavy atom. The molecule has 1 unspecified atom stereocenters. The highest BCUT2D eigenvalue weighted by molar-refractivity contribution is 7.26. The van der Waals surface area contributed by atoms with Crippen LogP contribution in [0.5, 0.6) is 0 Å². The van der Waals surface area contributed by atoms with Crippen molar-refractivity contribution in [2.45, 2.75) is 26.2 Å². The first-order chi connectivity index (χ1) is 18.2. The van der Waals surface area contributed by atoms with Gasteiger partial charge < -0.3 is 0 Å². The molecule has 1 atom stereocenters. The van der Waals surface area contributed by atoms with Crippen molar-refractivity contribution >= 4 is 43.2 Å². The van der Waals surface area contributed by atoms with Crippen LogP contribution in [0.25, 0.3) is 54.1 Å². The number of benzene rings is 5. The number of rotatable bonds is 2. The van der Waals surface area contributed by atoms with Crippen LogP contribution in [0.2, 0.25) is 0 Å². The Balaban J connectivity index is 1.62. The Hall–Kier alpha value is -3.94. The first-order valence-electron chi connectivity index (χ1n) is 13.2. The second-order valence-electron chi connectivity index (χ2n) is 10.3. The molecular formula is C36H26S. The van der Waals surface area contributed by atoms with E-state index in [1.54, 1.807) is 0 Å². The molecule has 1 heterocycles. The van der Waals surface area contributed by atoms with Crippen LogP contribution in [0.4, 0.5) is 0 Å². The summed E-state index contributed by atoms with van der Waals surface area (Å²) in [5.74, 6) is 0.253. The lowest BCUT2D eigenvalue weighted by Gasteiger charge is -2.32. The summed E-state index contributed by atoms with van der Waals surface area (Å²) < 4.78 is 2.74. The average molecular weight is 491 g/mol. The van der Waals surface area contributed by atoms with Gasteiger partial charge in [-0.25, -0.2) is 0 Å². The summed E-state index contributed by atoms with van der Waals surface area (Å²) >= 11 is 1.91. The van der Waals surface area contributed by atoms with Gasteiger partial charge in [0, 0.05) is 26.1 Å². The second-order valence-corrected chi connectivity index (χ2v) is 11.4. The van der Waals surface area contributed by atoms with Gasteiger partial charge in [0.25, 0.3) is 0 Å². The van der Waals surface area contributed by atoms with Crippen LogP contribution in [0, 0.1) is 6.92 Å². The largest absolute Gasteiger partial charge is 0.135 e. The van der Waals surface area contributed by atoms with Crippen molar-refractivity contribution in [1.82, 2.24) is 0 Å². The zero-order valence-electron chi connectivity index (χ0n) is 21.0. The third kappa shape index (κ3) is 2.84. The van der Waals surface area contributed by atoms with Gasteiger partial charge in [-0.3, -0.25) is 0 Å². The van der Waals surface area contributed by atoms with Crippen molar-refractivity contribution in [2.24, 2.45) is 0 Å². The van der Waals surface area contributed by atoms with E-state index in [0.717, 1.165) is 6.42 Å². The Morgan fingerprint density at radius 2 is 1.46 bits per heavy atom. The van der Waals surface area contributed by atoms with E-state index < -0.39 is 0 Å². The van der Waals surface area contributed by atoms with Crippen molar-refractivity contribution in [2.75, 3.05) is 0 Å². The van der Waals surface area contributed by atoms with Gasteiger partial charge in [0.15, 0.2) is 0 Å². The molecule has 2 aliphatic rings. The summed E-state index contributed by atoms with van der Waals surface area (Å²) in [6, 6.07) is 36.4. The molecule has 8 rings (SSSR count). The van der Waals surface area contributed by atoms with E-state index in [-0.39, 0.29) is 5.92 Å². The van der Waals surface area contributed by atoms with Crippen molar-refractivity contribution in [3.8, 4) is 22.3 Å². The standard InChI is InChI=1S/C36H26S/c1-3-22-16-17-28-34-27(18-19-31-36(34)26-14-8-9-15-30(26)37-31)33-25-13-7-5-11-23(25)20-29(33)35(28)32(22)24-12-6-4-10-21(24)2/h4-20,29H,3H2,1-2H3. The zero-order chi connectivity index (χ0) is 24.7. The smallest absolute Gasteiger partial charge is 0.0362 e. The van der Waals surface area contributed by atoms with Crippen molar-refractivity contribution in [3.05, 3.63) is 130 Å². The summed E-state index contributed by atoms with van der Waals surface area (Å²) in [6.45, 7) is 4.55. The molecule has 5 aromatic carbocycles. The maximum atomic E-state index is 2.52. The lowest BCUT2D eigenvalue weighted by Crippen LogP contribution is -2.23. The van der Waals surface area contributed by atoms with E-state index in [9.17, 15) is 0 Å². The van der Waals surface area contributed by atoms with Crippen molar-refractivity contribution in [3.63, 3.8) is 0 Å². The number of aryl methyl sites for hydroxylation is 2. The highest BCUT2D eigenvalue weighted by Crippen LogP contribution is 2.55. The van der Waals surface area contributed by atoms with E-state index in [2.05, 4.69) is 117 Å². The van der Waals surface area contributed by atoms with Crippen LogP contribution in [0.3, 0.4) is 0 Å². The Morgan fingerprint density at radius 1 is 0.676 bits per heavy atom. The highest BCUT2D eigenvalue weighted by Gasteiger charge is 2.35. The van der Waals surface area contributed by atoms with Crippen LogP contribution in [0.15, 0.2) is 97.1 Å². The maximum Gasteiger partial charge on any atom is 0.0362 e. The highest BCUT2D eigenvalue weighted by atomic mass is 32.1. The summed E-state index contributed by atoms with van der Waals surface area (Å²) in [5, 5.41) is 5.52. The first kappa shape index (κ1) is 21.2. The van der Waals surface area contributed by atoms with Gasteiger partial charge in [-0.2, -0.15) is 0 Å². The molecule has 0 saturated heterocycles. The summed E-state index contributed by atoms with van der Waals surface area (Å²) in [4.78, 5) is 0. The summed E-state index contributed by atoms with van der Waals surface area (Å²) in [5.41, 5.74) is 12.7. The van der Waals surface area contributed by atoms with E-state index in [4.69, 9.17) is 0 Å². The molecule has 1 aromatic heterocycles. The number of thiophene rings is 1. The molecule has 0 bridgehead atoms. The van der Waals surface area contributed by atoms with Gasteiger partial charge in [-0.15, -0.1) is 11.3 Å². The monoisotopic (exact) mass is 490 g/mol. The van der Waals surface area contributed by atoms with Gasteiger partial charge in [0.1, 0.15) is 0 Å². The third-order valence-corrected chi connectivity index (χ3v) is 9.59. The second kappa shape index (κ2) is 7.78. The minimum absolute atomic E-state index is 0.253. The van der Waals surface area contributed by atoms with E-state index in [0.29, 0.717) is 0 Å². The van der Waals surface area contributed by atoms with Gasteiger partial charge in [0.05, 0.1) is 0 Å². The Labute approximate surface area is 220 Å². The fourth-order valence-corrected chi connectivity index (χ4v) is 7.96. The van der Waals surface area contributed by atoms with E-state index >= 15 is 0 Å². The lowest BCUT2D eigenvalue weighted by atomic mass is 9.71. The quantitative estimate of drug-likeness (QED) is 0.229. The fourth-order valence-electron chi connectivity index (χ4n) is 6.85. The predicted octanol–water partition coefficient (Wildman–Crippen LogP) is 8.35. The predicted molar refractivity (Wildman–Crippen MR) is 160 cm³/mol. The fraction of sp³-hybridized carbons (Fsp3) is 0.111.